The first kappa shape index (κ1) is 13.7. The lowest BCUT2D eigenvalue weighted by Crippen LogP contribution is -2.01. The number of rotatable bonds is 2. The number of aromatic amines is 2. The monoisotopic (exact) mass is 326 g/mol. The van der Waals surface area contributed by atoms with E-state index in [1.54, 1.807) is 0 Å². The standard InChI is InChI=1S/C19H14N6/c20-19-23-17(13-9-21-15-7-3-1-5-11(13)15)18(24-25-19)14-10-22-16-8-4-2-6-12(14)16/h1-10,21-22H,(H2,20,23,25). The van der Waals surface area contributed by atoms with Crippen molar-refractivity contribution in [3.05, 3.63) is 60.9 Å². The second-order valence-electron chi connectivity index (χ2n) is 5.86. The Hall–Kier alpha value is -3.67. The Kier molecular flexibility index (Phi) is 2.84. The molecule has 0 aliphatic rings. The summed E-state index contributed by atoms with van der Waals surface area (Å²) in [6.45, 7) is 0. The van der Waals surface area contributed by atoms with Crippen molar-refractivity contribution in [2.24, 2.45) is 0 Å². The molecule has 0 unspecified atom stereocenters. The number of benzene rings is 2. The van der Waals surface area contributed by atoms with Gasteiger partial charge in [-0.1, -0.05) is 36.4 Å². The summed E-state index contributed by atoms with van der Waals surface area (Å²) in [5.74, 6) is 0.156. The van der Waals surface area contributed by atoms with Crippen molar-refractivity contribution in [1.82, 2.24) is 25.1 Å². The highest BCUT2D eigenvalue weighted by atomic mass is 15.2. The molecule has 0 saturated heterocycles. The van der Waals surface area contributed by atoms with E-state index in [-0.39, 0.29) is 5.95 Å². The lowest BCUT2D eigenvalue weighted by Gasteiger charge is -2.06. The minimum Gasteiger partial charge on any atom is -0.366 e. The van der Waals surface area contributed by atoms with Crippen molar-refractivity contribution < 1.29 is 0 Å². The molecule has 2 aromatic carbocycles. The van der Waals surface area contributed by atoms with Crippen LogP contribution in [0.3, 0.4) is 0 Å². The lowest BCUT2D eigenvalue weighted by molar-refractivity contribution is 0.999. The topological polar surface area (TPSA) is 96.3 Å². The molecule has 0 aliphatic heterocycles. The van der Waals surface area contributed by atoms with Crippen LogP contribution in [0.2, 0.25) is 0 Å². The number of aromatic nitrogens is 5. The van der Waals surface area contributed by atoms with Gasteiger partial charge in [-0.15, -0.1) is 10.2 Å². The van der Waals surface area contributed by atoms with Gasteiger partial charge in [0.1, 0.15) is 11.4 Å². The molecule has 120 valence electrons. The minimum absolute atomic E-state index is 0.156. The van der Waals surface area contributed by atoms with Gasteiger partial charge in [-0.25, -0.2) is 4.98 Å². The fraction of sp³-hybridized carbons (Fsp3) is 0. The third-order valence-electron chi connectivity index (χ3n) is 4.39. The molecule has 0 bridgehead atoms. The van der Waals surface area contributed by atoms with E-state index in [0.717, 1.165) is 38.6 Å². The number of H-pyrrole nitrogens is 2. The molecule has 6 heteroatoms. The van der Waals surface area contributed by atoms with Crippen LogP contribution in [0.1, 0.15) is 0 Å². The van der Waals surface area contributed by atoms with Crippen LogP contribution >= 0.6 is 0 Å². The zero-order chi connectivity index (χ0) is 16.8. The molecule has 0 saturated carbocycles. The van der Waals surface area contributed by atoms with E-state index in [1.807, 2.05) is 48.8 Å². The number of para-hydroxylation sites is 2. The molecule has 3 aromatic heterocycles. The first-order chi connectivity index (χ1) is 12.3. The Bertz CT molecular complexity index is 1220. The lowest BCUT2D eigenvalue weighted by atomic mass is 10.0. The van der Waals surface area contributed by atoms with Crippen molar-refractivity contribution in [2.45, 2.75) is 0 Å². The van der Waals surface area contributed by atoms with Crippen LogP contribution in [0.5, 0.6) is 0 Å². The zero-order valence-electron chi connectivity index (χ0n) is 13.2. The Morgan fingerprint density at radius 3 is 1.88 bits per heavy atom. The van der Waals surface area contributed by atoms with Gasteiger partial charge in [0, 0.05) is 45.3 Å². The van der Waals surface area contributed by atoms with E-state index < -0.39 is 0 Å². The summed E-state index contributed by atoms with van der Waals surface area (Å²) in [6.07, 6.45) is 3.87. The Labute approximate surface area is 142 Å². The first-order valence-electron chi connectivity index (χ1n) is 7.94. The van der Waals surface area contributed by atoms with Crippen molar-refractivity contribution >= 4 is 27.8 Å². The smallest absolute Gasteiger partial charge is 0.240 e. The average Bonchev–Trinajstić information content (AvgIpc) is 3.26. The molecule has 0 amide bonds. The molecule has 5 aromatic rings. The molecule has 0 fully saturated rings. The average molecular weight is 326 g/mol. The zero-order valence-corrected chi connectivity index (χ0v) is 13.2. The second-order valence-corrected chi connectivity index (χ2v) is 5.86. The molecule has 0 radical (unpaired) electrons. The van der Waals surface area contributed by atoms with Crippen LogP contribution in [-0.4, -0.2) is 25.1 Å². The Morgan fingerprint density at radius 2 is 1.24 bits per heavy atom. The number of fused-ring (bicyclic) bond motifs is 2. The van der Waals surface area contributed by atoms with Gasteiger partial charge < -0.3 is 15.7 Å². The highest BCUT2D eigenvalue weighted by Crippen LogP contribution is 2.36. The van der Waals surface area contributed by atoms with Gasteiger partial charge in [-0.05, 0) is 12.1 Å². The van der Waals surface area contributed by atoms with Crippen molar-refractivity contribution in [2.75, 3.05) is 5.73 Å². The Balaban J connectivity index is 1.82. The fourth-order valence-electron chi connectivity index (χ4n) is 3.24. The molecule has 25 heavy (non-hydrogen) atoms. The van der Waals surface area contributed by atoms with Crippen molar-refractivity contribution in [3.8, 4) is 22.5 Å². The van der Waals surface area contributed by atoms with E-state index in [9.17, 15) is 0 Å². The molecule has 5 rings (SSSR count). The largest absolute Gasteiger partial charge is 0.366 e. The summed E-state index contributed by atoms with van der Waals surface area (Å²) in [6, 6.07) is 16.2. The summed E-state index contributed by atoms with van der Waals surface area (Å²) in [5, 5.41) is 10.5. The molecule has 0 aliphatic carbocycles. The summed E-state index contributed by atoms with van der Waals surface area (Å²) >= 11 is 0. The molecular formula is C19H14N6. The number of hydrogen-bond acceptors (Lipinski definition) is 4. The van der Waals surface area contributed by atoms with E-state index in [2.05, 4.69) is 37.3 Å². The van der Waals surface area contributed by atoms with Gasteiger partial charge in [0.15, 0.2) is 0 Å². The maximum Gasteiger partial charge on any atom is 0.240 e. The molecule has 4 N–H and O–H groups in total. The van der Waals surface area contributed by atoms with E-state index in [4.69, 9.17) is 5.73 Å². The van der Waals surface area contributed by atoms with Crippen LogP contribution in [0.25, 0.3) is 44.3 Å². The van der Waals surface area contributed by atoms with Gasteiger partial charge in [0.05, 0.1) is 0 Å². The van der Waals surface area contributed by atoms with Gasteiger partial charge in [0.25, 0.3) is 0 Å². The minimum atomic E-state index is 0.156. The molecule has 6 nitrogen and oxygen atoms in total. The number of nitrogen functional groups attached to an aromatic ring is 1. The maximum atomic E-state index is 5.84. The third-order valence-corrected chi connectivity index (χ3v) is 4.39. The van der Waals surface area contributed by atoms with Gasteiger partial charge in [-0.2, -0.15) is 0 Å². The van der Waals surface area contributed by atoms with Gasteiger partial charge in [-0.3, -0.25) is 0 Å². The second kappa shape index (κ2) is 5.17. The number of nitrogens with one attached hydrogen (secondary N) is 2. The Morgan fingerprint density at radius 1 is 0.680 bits per heavy atom. The highest BCUT2D eigenvalue weighted by Gasteiger charge is 2.18. The first-order valence-corrected chi connectivity index (χ1v) is 7.94. The quantitative estimate of drug-likeness (QED) is 0.460. The highest BCUT2D eigenvalue weighted by molar-refractivity contribution is 6.02. The number of nitrogens with zero attached hydrogens (tertiary/aromatic N) is 3. The van der Waals surface area contributed by atoms with Gasteiger partial charge >= 0.3 is 0 Å². The number of hydrogen-bond donors (Lipinski definition) is 3. The van der Waals surface area contributed by atoms with E-state index >= 15 is 0 Å². The van der Waals surface area contributed by atoms with Crippen LogP contribution in [-0.2, 0) is 0 Å². The maximum absolute atomic E-state index is 5.84. The predicted octanol–water partition coefficient (Wildman–Crippen LogP) is 3.75. The van der Waals surface area contributed by atoms with Crippen LogP contribution in [0.15, 0.2) is 60.9 Å². The number of nitrogens with two attached hydrogens (primary N) is 1. The van der Waals surface area contributed by atoms with Crippen molar-refractivity contribution in [3.63, 3.8) is 0 Å². The SMILES string of the molecule is Nc1nnc(-c2c[nH]c3ccccc23)c(-c2c[nH]c3ccccc23)n1. The normalized spacial score (nSPS) is 11.4. The summed E-state index contributed by atoms with van der Waals surface area (Å²) in [4.78, 5) is 11.1. The molecule has 0 spiro atoms. The van der Waals surface area contributed by atoms with Gasteiger partial charge in [0.2, 0.25) is 5.95 Å². The van der Waals surface area contributed by atoms with Crippen LogP contribution in [0.4, 0.5) is 5.95 Å². The fourth-order valence-corrected chi connectivity index (χ4v) is 3.24. The summed E-state index contributed by atoms with van der Waals surface area (Å²) < 4.78 is 0. The molecular weight excluding hydrogens is 312 g/mol. The third kappa shape index (κ3) is 2.08. The van der Waals surface area contributed by atoms with Crippen LogP contribution < -0.4 is 5.73 Å². The molecule has 0 atom stereocenters. The van der Waals surface area contributed by atoms with E-state index in [0.29, 0.717) is 5.69 Å². The number of anilines is 1. The molecule has 3 heterocycles. The van der Waals surface area contributed by atoms with E-state index in [1.165, 1.54) is 0 Å². The predicted molar refractivity (Wildman–Crippen MR) is 98.8 cm³/mol. The summed E-state index contributed by atoms with van der Waals surface area (Å²) in [5.41, 5.74) is 11.3. The van der Waals surface area contributed by atoms with Crippen molar-refractivity contribution in [1.29, 1.82) is 0 Å². The van der Waals surface area contributed by atoms with Crippen LogP contribution in [0, 0.1) is 0 Å². The summed E-state index contributed by atoms with van der Waals surface area (Å²) in [7, 11) is 0.